The minimum atomic E-state index is -3.55. The predicted octanol–water partition coefficient (Wildman–Crippen LogP) is 4.15. The maximum atomic E-state index is 13.0. The third-order valence-electron chi connectivity index (χ3n) is 4.51. The van der Waals surface area contributed by atoms with E-state index in [1.54, 1.807) is 36.8 Å². The molecule has 1 N–H and O–H groups in total. The van der Waals surface area contributed by atoms with E-state index in [4.69, 9.17) is 4.42 Å². The number of amides is 1. The number of nitrogens with zero attached hydrogens (tertiary/aromatic N) is 1. The van der Waals surface area contributed by atoms with Crippen molar-refractivity contribution in [2.24, 2.45) is 0 Å². The van der Waals surface area contributed by atoms with Crippen molar-refractivity contribution in [3.8, 4) is 0 Å². The van der Waals surface area contributed by atoms with Crippen LogP contribution < -0.4 is 5.32 Å². The Balaban J connectivity index is 1.64. The van der Waals surface area contributed by atoms with Gasteiger partial charge < -0.3 is 9.73 Å². The van der Waals surface area contributed by atoms with Crippen LogP contribution in [0.4, 0.5) is 5.69 Å². The summed E-state index contributed by atoms with van der Waals surface area (Å²) in [5, 5.41) is 4.42. The maximum absolute atomic E-state index is 13.0. The van der Waals surface area contributed by atoms with Crippen LogP contribution in [0.5, 0.6) is 0 Å². The largest absolute Gasteiger partial charge is 0.468 e. The topological polar surface area (TPSA) is 79.6 Å². The van der Waals surface area contributed by atoms with Crippen LogP contribution in [0.3, 0.4) is 0 Å². The molecule has 0 atom stereocenters. The molecule has 3 rings (SSSR count). The van der Waals surface area contributed by atoms with E-state index in [0.717, 1.165) is 25.0 Å². The fourth-order valence-electron chi connectivity index (χ4n) is 3.02. The zero-order valence-corrected chi connectivity index (χ0v) is 17.4. The number of anilines is 1. The Bertz CT molecular complexity index is 931. The molecule has 8 heteroatoms. The Morgan fingerprint density at radius 1 is 1.25 bits per heavy atom. The molecule has 1 aliphatic heterocycles. The summed E-state index contributed by atoms with van der Waals surface area (Å²) in [6, 6.07) is 8.67. The zero-order chi connectivity index (χ0) is 20.0. The molecule has 1 aromatic heterocycles. The molecule has 1 amide bonds. The van der Waals surface area contributed by atoms with Crippen LogP contribution in [-0.2, 0) is 20.6 Å². The van der Waals surface area contributed by atoms with Crippen LogP contribution in [0.15, 0.2) is 57.4 Å². The summed E-state index contributed by atoms with van der Waals surface area (Å²) in [5.41, 5.74) is 1.14. The summed E-state index contributed by atoms with van der Waals surface area (Å²) in [4.78, 5) is 12.4. The van der Waals surface area contributed by atoms with Crippen molar-refractivity contribution in [3.05, 3.63) is 59.4 Å². The van der Waals surface area contributed by atoms with Crippen molar-refractivity contribution < 1.29 is 17.6 Å². The molecule has 0 unspecified atom stereocenters. The predicted molar refractivity (Wildman–Crippen MR) is 112 cm³/mol. The van der Waals surface area contributed by atoms with E-state index in [9.17, 15) is 13.2 Å². The molecule has 1 saturated heterocycles. The smallest absolute Gasteiger partial charge is 0.248 e. The second-order valence-electron chi connectivity index (χ2n) is 6.63. The van der Waals surface area contributed by atoms with Crippen molar-refractivity contribution in [1.82, 2.24) is 4.31 Å². The number of thioether (sulfide) groups is 1. The van der Waals surface area contributed by atoms with E-state index in [2.05, 4.69) is 5.32 Å². The number of sulfonamides is 1. The van der Waals surface area contributed by atoms with Gasteiger partial charge in [-0.25, -0.2) is 8.42 Å². The van der Waals surface area contributed by atoms with Crippen molar-refractivity contribution in [2.75, 3.05) is 18.4 Å². The van der Waals surface area contributed by atoms with E-state index < -0.39 is 10.0 Å². The van der Waals surface area contributed by atoms with E-state index in [1.165, 1.54) is 22.1 Å². The molecule has 0 spiro atoms. The number of nitrogens with one attached hydrogen (secondary N) is 1. The second kappa shape index (κ2) is 9.45. The van der Waals surface area contributed by atoms with Gasteiger partial charge in [-0.2, -0.15) is 4.31 Å². The molecule has 1 aliphatic rings. The van der Waals surface area contributed by atoms with Crippen molar-refractivity contribution >= 4 is 33.4 Å². The normalized spacial score (nSPS) is 15.8. The molecule has 28 heavy (non-hydrogen) atoms. The summed E-state index contributed by atoms with van der Waals surface area (Å²) in [6.45, 7) is 2.87. The Hall–Kier alpha value is -2.03. The van der Waals surface area contributed by atoms with Gasteiger partial charge in [-0.05, 0) is 55.0 Å². The van der Waals surface area contributed by atoms with Crippen molar-refractivity contribution in [2.45, 2.75) is 36.8 Å². The van der Waals surface area contributed by atoms with Gasteiger partial charge in [0.1, 0.15) is 5.76 Å². The fourth-order valence-corrected chi connectivity index (χ4v) is 5.43. The highest BCUT2D eigenvalue weighted by Crippen LogP contribution is 2.26. The number of piperidine rings is 1. The third-order valence-corrected chi connectivity index (χ3v) is 7.33. The molecular weight excluding hydrogens is 396 g/mol. The number of benzene rings is 1. The number of carbonyl (C=O) groups is 1. The monoisotopic (exact) mass is 420 g/mol. The van der Waals surface area contributed by atoms with Crippen LogP contribution in [0.25, 0.3) is 0 Å². The standard InChI is InChI=1S/C20H24N2O4S2/c1-16-7-8-17(14-19(16)28(24,25)22-10-3-2-4-11-22)21-20(23)9-13-27-15-18-6-5-12-26-18/h5-9,12-14H,2-4,10-11,15H2,1H3,(H,21,23). The lowest BCUT2D eigenvalue weighted by Gasteiger charge is -2.26. The van der Waals surface area contributed by atoms with E-state index >= 15 is 0 Å². The lowest BCUT2D eigenvalue weighted by atomic mass is 10.2. The van der Waals surface area contributed by atoms with Gasteiger partial charge in [0, 0.05) is 24.9 Å². The summed E-state index contributed by atoms with van der Waals surface area (Å²) < 4.78 is 32.7. The minimum Gasteiger partial charge on any atom is -0.468 e. The Morgan fingerprint density at radius 2 is 2.04 bits per heavy atom. The number of rotatable bonds is 7. The van der Waals surface area contributed by atoms with Gasteiger partial charge in [-0.1, -0.05) is 12.5 Å². The number of furan rings is 1. The van der Waals surface area contributed by atoms with Gasteiger partial charge in [0.2, 0.25) is 15.9 Å². The summed E-state index contributed by atoms with van der Waals surface area (Å²) in [5.74, 6) is 1.16. The Morgan fingerprint density at radius 3 is 2.75 bits per heavy atom. The minimum absolute atomic E-state index is 0.253. The number of hydrogen-bond acceptors (Lipinski definition) is 5. The lowest BCUT2D eigenvalue weighted by molar-refractivity contribution is -0.111. The second-order valence-corrected chi connectivity index (χ2v) is 9.43. The molecule has 0 radical (unpaired) electrons. The van der Waals surface area contributed by atoms with Gasteiger partial charge in [-0.15, -0.1) is 11.8 Å². The summed E-state index contributed by atoms with van der Waals surface area (Å²) in [7, 11) is -3.55. The van der Waals surface area contributed by atoms with Gasteiger partial charge in [0.25, 0.3) is 0 Å². The molecule has 1 aromatic carbocycles. The van der Waals surface area contributed by atoms with Crippen LogP contribution in [0, 0.1) is 6.92 Å². The molecule has 6 nitrogen and oxygen atoms in total. The highest BCUT2D eigenvalue weighted by atomic mass is 32.2. The van der Waals surface area contributed by atoms with Crippen LogP contribution >= 0.6 is 11.8 Å². The summed E-state index contributed by atoms with van der Waals surface area (Å²) in [6.07, 6.45) is 5.86. The molecule has 150 valence electrons. The fraction of sp³-hybridized carbons (Fsp3) is 0.350. The molecule has 2 aromatic rings. The van der Waals surface area contributed by atoms with Gasteiger partial charge in [-0.3, -0.25) is 4.79 Å². The first-order chi connectivity index (χ1) is 13.5. The highest BCUT2D eigenvalue weighted by molar-refractivity contribution is 8.01. The molecule has 2 heterocycles. The summed E-state index contributed by atoms with van der Waals surface area (Å²) >= 11 is 1.44. The number of hydrogen-bond donors (Lipinski definition) is 1. The van der Waals surface area contributed by atoms with Crippen LogP contribution in [-0.4, -0.2) is 31.7 Å². The SMILES string of the molecule is Cc1ccc(NC(=O)C=CSCc2ccco2)cc1S(=O)(=O)N1CCCCC1. The van der Waals surface area contributed by atoms with Gasteiger partial charge in [0.15, 0.2) is 0 Å². The first kappa shape index (κ1) is 20.7. The van der Waals surface area contributed by atoms with E-state index in [1.807, 2.05) is 12.1 Å². The van der Waals surface area contributed by atoms with E-state index in [-0.39, 0.29) is 10.8 Å². The zero-order valence-electron chi connectivity index (χ0n) is 15.8. The van der Waals surface area contributed by atoms with Crippen molar-refractivity contribution in [1.29, 1.82) is 0 Å². The Kier molecular flexibility index (Phi) is 6.98. The molecule has 0 saturated carbocycles. The van der Waals surface area contributed by atoms with Crippen LogP contribution in [0.2, 0.25) is 0 Å². The first-order valence-corrected chi connectivity index (χ1v) is 11.7. The molecule has 0 aliphatic carbocycles. The molecule has 0 bridgehead atoms. The average molecular weight is 421 g/mol. The molecule has 1 fully saturated rings. The first-order valence-electron chi connectivity index (χ1n) is 9.19. The van der Waals surface area contributed by atoms with E-state index in [0.29, 0.717) is 30.1 Å². The Labute approximate surface area is 170 Å². The number of carbonyl (C=O) groups excluding carboxylic acids is 1. The lowest BCUT2D eigenvalue weighted by Crippen LogP contribution is -2.36. The van der Waals surface area contributed by atoms with Crippen LogP contribution in [0.1, 0.15) is 30.6 Å². The third kappa shape index (κ3) is 5.27. The van der Waals surface area contributed by atoms with Gasteiger partial charge >= 0.3 is 0 Å². The number of aryl methyl sites for hydroxylation is 1. The highest BCUT2D eigenvalue weighted by Gasteiger charge is 2.27. The maximum Gasteiger partial charge on any atom is 0.248 e. The molecular formula is C20H24N2O4S2. The van der Waals surface area contributed by atoms with Gasteiger partial charge in [0.05, 0.1) is 16.9 Å². The van der Waals surface area contributed by atoms with Crippen molar-refractivity contribution in [3.63, 3.8) is 0 Å². The average Bonchev–Trinajstić information content (AvgIpc) is 3.21. The quantitative estimate of drug-likeness (QED) is 0.681.